The lowest BCUT2D eigenvalue weighted by molar-refractivity contribution is -0.147. The molecule has 0 saturated heterocycles. The van der Waals surface area contributed by atoms with E-state index in [2.05, 4.69) is 10.6 Å². The first-order valence-electron chi connectivity index (χ1n) is 4.69. The molecule has 14 heavy (non-hydrogen) atoms. The second-order valence-electron chi connectivity index (χ2n) is 3.21. The lowest BCUT2D eigenvalue weighted by Crippen LogP contribution is -2.39. The van der Waals surface area contributed by atoms with Gasteiger partial charge in [0, 0.05) is 5.92 Å². The fourth-order valence-electron chi connectivity index (χ4n) is 1.26. The largest absolute Gasteiger partial charge is 0.481 e. The van der Waals surface area contributed by atoms with E-state index in [1.165, 1.54) is 0 Å². The van der Waals surface area contributed by atoms with E-state index >= 15 is 0 Å². The fourth-order valence-corrected chi connectivity index (χ4v) is 1.26. The van der Waals surface area contributed by atoms with Gasteiger partial charge < -0.3 is 15.7 Å². The molecule has 0 radical (unpaired) electrons. The van der Waals surface area contributed by atoms with E-state index < -0.39 is 17.8 Å². The minimum absolute atomic E-state index is 0.228. The number of carboxylic acids is 1. The molecule has 5 heteroatoms. The van der Waals surface area contributed by atoms with Crippen molar-refractivity contribution < 1.29 is 14.7 Å². The minimum atomic E-state index is -0.917. The van der Waals surface area contributed by atoms with E-state index in [0.29, 0.717) is 13.1 Å². The second-order valence-corrected chi connectivity index (χ2v) is 3.21. The molecule has 0 rings (SSSR count). The molecule has 0 aliphatic carbocycles. The summed E-state index contributed by atoms with van der Waals surface area (Å²) in [7, 11) is 1.71. The van der Waals surface area contributed by atoms with Gasteiger partial charge in [0.15, 0.2) is 0 Å². The van der Waals surface area contributed by atoms with Crippen LogP contribution in [-0.4, -0.2) is 30.7 Å². The summed E-state index contributed by atoms with van der Waals surface area (Å²) in [5.74, 6) is -2.24. The molecule has 0 fully saturated rings. The third-order valence-corrected chi connectivity index (χ3v) is 2.21. The van der Waals surface area contributed by atoms with Crippen molar-refractivity contribution in [2.24, 2.45) is 11.8 Å². The first-order chi connectivity index (χ1) is 6.54. The number of rotatable bonds is 6. The van der Waals surface area contributed by atoms with Crippen molar-refractivity contribution in [3.63, 3.8) is 0 Å². The van der Waals surface area contributed by atoms with E-state index in [-0.39, 0.29) is 5.91 Å². The molecule has 0 spiro atoms. The van der Waals surface area contributed by atoms with Crippen LogP contribution in [0.4, 0.5) is 0 Å². The third-order valence-electron chi connectivity index (χ3n) is 2.21. The summed E-state index contributed by atoms with van der Waals surface area (Å²) in [6.07, 6.45) is 0.462. The molecule has 0 aliphatic heterocycles. The predicted molar refractivity (Wildman–Crippen MR) is 52.7 cm³/mol. The maximum absolute atomic E-state index is 11.4. The van der Waals surface area contributed by atoms with Gasteiger partial charge in [-0.3, -0.25) is 9.59 Å². The molecular formula is C9H18N2O3. The Balaban J connectivity index is 4.20. The summed E-state index contributed by atoms with van der Waals surface area (Å²) in [5.41, 5.74) is 0. The second kappa shape index (κ2) is 6.37. The molecule has 0 bridgehead atoms. The van der Waals surface area contributed by atoms with E-state index in [1.807, 2.05) is 0 Å². The van der Waals surface area contributed by atoms with Crippen molar-refractivity contribution >= 4 is 11.9 Å². The molecule has 3 N–H and O–H groups in total. The Morgan fingerprint density at radius 2 is 2.00 bits per heavy atom. The Hall–Kier alpha value is -1.10. The number of carbonyl (C=O) groups excluding carboxylic acids is 1. The molecule has 0 saturated carbocycles. The van der Waals surface area contributed by atoms with Crippen molar-refractivity contribution in [3.8, 4) is 0 Å². The minimum Gasteiger partial charge on any atom is -0.481 e. The monoisotopic (exact) mass is 202 g/mol. The molecule has 0 aliphatic rings. The van der Waals surface area contributed by atoms with Gasteiger partial charge in [0.05, 0.1) is 12.6 Å². The SMILES string of the molecule is CCC(C(=O)O)C(C)C(=O)NCNC. The van der Waals surface area contributed by atoms with E-state index in [9.17, 15) is 9.59 Å². The first kappa shape index (κ1) is 12.9. The summed E-state index contributed by atoms with van der Waals surface area (Å²) in [4.78, 5) is 22.1. The lowest BCUT2D eigenvalue weighted by Gasteiger charge is -2.17. The van der Waals surface area contributed by atoms with Crippen LogP contribution in [0, 0.1) is 11.8 Å². The van der Waals surface area contributed by atoms with Crippen molar-refractivity contribution in [1.29, 1.82) is 0 Å². The quantitative estimate of drug-likeness (QED) is 0.531. The molecular weight excluding hydrogens is 184 g/mol. The maximum Gasteiger partial charge on any atom is 0.307 e. The zero-order chi connectivity index (χ0) is 11.1. The van der Waals surface area contributed by atoms with Crippen LogP contribution < -0.4 is 10.6 Å². The smallest absolute Gasteiger partial charge is 0.307 e. The van der Waals surface area contributed by atoms with Crippen LogP contribution in [0.3, 0.4) is 0 Å². The zero-order valence-electron chi connectivity index (χ0n) is 8.83. The Morgan fingerprint density at radius 1 is 1.43 bits per heavy atom. The van der Waals surface area contributed by atoms with Crippen molar-refractivity contribution in [1.82, 2.24) is 10.6 Å². The molecule has 82 valence electrons. The van der Waals surface area contributed by atoms with Gasteiger partial charge in [0.25, 0.3) is 0 Å². The third kappa shape index (κ3) is 3.74. The predicted octanol–water partition coefficient (Wildman–Crippen LogP) is 0.0264. The van der Waals surface area contributed by atoms with Crippen LogP contribution in [0.5, 0.6) is 0 Å². The Kier molecular flexibility index (Phi) is 5.87. The highest BCUT2D eigenvalue weighted by Crippen LogP contribution is 2.15. The topological polar surface area (TPSA) is 78.4 Å². The van der Waals surface area contributed by atoms with Crippen molar-refractivity contribution in [2.75, 3.05) is 13.7 Å². The molecule has 0 aromatic rings. The number of hydrogen-bond donors (Lipinski definition) is 3. The van der Waals surface area contributed by atoms with Gasteiger partial charge in [-0.25, -0.2) is 0 Å². The normalized spacial score (nSPS) is 14.5. The first-order valence-corrected chi connectivity index (χ1v) is 4.69. The highest BCUT2D eigenvalue weighted by Gasteiger charge is 2.27. The Bertz CT molecular complexity index is 206. The number of nitrogens with one attached hydrogen (secondary N) is 2. The number of carbonyl (C=O) groups is 2. The van der Waals surface area contributed by atoms with E-state index in [1.54, 1.807) is 20.9 Å². The number of aliphatic carboxylic acids is 1. The zero-order valence-corrected chi connectivity index (χ0v) is 8.83. The van der Waals surface area contributed by atoms with Crippen molar-refractivity contribution in [2.45, 2.75) is 20.3 Å². The summed E-state index contributed by atoms with van der Waals surface area (Å²) in [6, 6.07) is 0. The molecule has 5 nitrogen and oxygen atoms in total. The van der Waals surface area contributed by atoms with Crippen LogP contribution >= 0.6 is 0 Å². The van der Waals surface area contributed by atoms with Crippen LogP contribution in [-0.2, 0) is 9.59 Å². The van der Waals surface area contributed by atoms with E-state index in [4.69, 9.17) is 5.11 Å². The van der Waals surface area contributed by atoms with Crippen LogP contribution in [0.25, 0.3) is 0 Å². The summed E-state index contributed by atoms with van der Waals surface area (Å²) >= 11 is 0. The number of hydrogen-bond acceptors (Lipinski definition) is 3. The highest BCUT2D eigenvalue weighted by atomic mass is 16.4. The number of amides is 1. The fraction of sp³-hybridized carbons (Fsp3) is 0.778. The van der Waals surface area contributed by atoms with Crippen molar-refractivity contribution in [3.05, 3.63) is 0 Å². The van der Waals surface area contributed by atoms with Gasteiger partial charge in [-0.2, -0.15) is 0 Å². The van der Waals surface area contributed by atoms with Gasteiger partial charge >= 0.3 is 5.97 Å². The maximum atomic E-state index is 11.4. The van der Waals surface area contributed by atoms with E-state index in [0.717, 1.165) is 0 Å². The molecule has 2 atom stereocenters. The number of carboxylic acid groups (broad SMARTS) is 1. The average molecular weight is 202 g/mol. The van der Waals surface area contributed by atoms with Crippen LogP contribution in [0.15, 0.2) is 0 Å². The Labute approximate surface area is 83.9 Å². The van der Waals surface area contributed by atoms with Gasteiger partial charge in [0.2, 0.25) is 5.91 Å². The summed E-state index contributed by atoms with van der Waals surface area (Å²) < 4.78 is 0. The average Bonchev–Trinajstić information content (AvgIpc) is 2.14. The molecule has 0 aromatic heterocycles. The molecule has 0 aromatic carbocycles. The molecule has 2 unspecified atom stereocenters. The van der Waals surface area contributed by atoms with Gasteiger partial charge in [-0.15, -0.1) is 0 Å². The highest BCUT2D eigenvalue weighted by molar-refractivity contribution is 5.84. The molecule has 1 amide bonds. The van der Waals surface area contributed by atoms with Crippen LogP contribution in [0.1, 0.15) is 20.3 Å². The standard InChI is InChI=1S/C9H18N2O3/c1-4-7(9(13)14)6(2)8(12)11-5-10-3/h6-7,10H,4-5H2,1-3H3,(H,11,12)(H,13,14). The summed E-state index contributed by atoms with van der Waals surface area (Å²) in [6.45, 7) is 3.76. The lowest BCUT2D eigenvalue weighted by atomic mass is 9.91. The summed E-state index contributed by atoms with van der Waals surface area (Å²) in [5, 5.41) is 14.2. The van der Waals surface area contributed by atoms with Gasteiger partial charge in [-0.05, 0) is 13.5 Å². The Morgan fingerprint density at radius 3 is 2.36 bits per heavy atom. The molecule has 0 heterocycles. The van der Waals surface area contributed by atoms with Gasteiger partial charge in [-0.1, -0.05) is 13.8 Å². The van der Waals surface area contributed by atoms with Gasteiger partial charge in [0.1, 0.15) is 0 Å². The van der Waals surface area contributed by atoms with Crippen LogP contribution in [0.2, 0.25) is 0 Å².